The molecule has 0 heterocycles. The van der Waals surface area contributed by atoms with Crippen LogP contribution < -0.4 is 10.6 Å². The molecule has 2 rings (SSSR count). The van der Waals surface area contributed by atoms with Crippen LogP contribution in [0.2, 0.25) is 0 Å². The van der Waals surface area contributed by atoms with Crippen LogP contribution >= 0.6 is 0 Å². The van der Waals surface area contributed by atoms with Crippen LogP contribution in [0.5, 0.6) is 5.75 Å². The third-order valence-electron chi connectivity index (χ3n) is 3.28. The van der Waals surface area contributed by atoms with Crippen molar-refractivity contribution >= 4 is 11.6 Å². The van der Waals surface area contributed by atoms with Crippen LogP contribution in [0.3, 0.4) is 0 Å². The molecule has 1 amide bonds. The van der Waals surface area contributed by atoms with Crippen molar-refractivity contribution in [3.8, 4) is 5.75 Å². The fraction of sp³-hybridized carbons (Fsp3) is 0.235. The molecule has 3 N–H and O–H groups in total. The molecule has 0 saturated heterocycles. The Hall–Kier alpha value is -2.33. The Morgan fingerprint density at radius 1 is 1.19 bits per heavy atom. The van der Waals surface area contributed by atoms with Crippen molar-refractivity contribution in [2.24, 2.45) is 5.73 Å². The van der Waals surface area contributed by atoms with Crippen molar-refractivity contribution in [3.63, 3.8) is 0 Å². The Morgan fingerprint density at radius 2 is 1.95 bits per heavy atom. The first-order valence-electron chi connectivity index (χ1n) is 7.00. The predicted octanol–water partition coefficient (Wildman–Crippen LogP) is 2.70. The quantitative estimate of drug-likeness (QED) is 0.887. The van der Waals surface area contributed by atoms with Crippen LogP contribution in [-0.2, 0) is 0 Å². The Bertz CT molecular complexity index is 626. The minimum atomic E-state index is -0.216. The van der Waals surface area contributed by atoms with E-state index in [1.807, 2.05) is 31.2 Å². The number of phenols is 1. The highest BCUT2D eigenvalue weighted by Crippen LogP contribution is 2.23. The van der Waals surface area contributed by atoms with Gasteiger partial charge < -0.3 is 15.7 Å². The van der Waals surface area contributed by atoms with Gasteiger partial charge in [-0.15, -0.1) is 0 Å². The molecule has 0 atom stereocenters. The molecule has 0 saturated carbocycles. The highest BCUT2D eigenvalue weighted by atomic mass is 16.3. The lowest BCUT2D eigenvalue weighted by molar-refractivity contribution is 0.0984. The molecule has 0 radical (unpaired) electrons. The standard InChI is InChI=1S/C17H20N2O2/c1-13-6-4-7-14(12-13)19(11-5-10-18)17(21)15-8-2-3-9-16(15)20/h2-4,6-9,12,20H,5,10-11,18H2,1H3. The maximum atomic E-state index is 12.7. The van der Waals surface area contributed by atoms with Crippen LogP contribution in [0.25, 0.3) is 0 Å². The van der Waals surface area contributed by atoms with Crippen LogP contribution in [-0.4, -0.2) is 24.1 Å². The molecule has 4 nitrogen and oxygen atoms in total. The lowest BCUT2D eigenvalue weighted by Gasteiger charge is -2.23. The number of rotatable bonds is 5. The third-order valence-corrected chi connectivity index (χ3v) is 3.28. The van der Waals surface area contributed by atoms with Gasteiger partial charge in [-0.2, -0.15) is 0 Å². The second-order valence-electron chi connectivity index (χ2n) is 4.96. The zero-order valence-electron chi connectivity index (χ0n) is 12.1. The van der Waals surface area contributed by atoms with Crippen LogP contribution in [0.15, 0.2) is 48.5 Å². The van der Waals surface area contributed by atoms with Crippen molar-refractivity contribution in [3.05, 3.63) is 59.7 Å². The van der Waals surface area contributed by atoms with Gasteiger partial charge in [0.05, 0.1) is 5.56 Å². The number of hydrogen-bond acceptors (Lipinski definition) is 3. The van der Waals surface area contributed by atoms with E-state index in [0.29, 0.717) is 25.1 Å². The first kappa shape index (κ1) is 15.1. The fourth-order valence-electron chi connectivity index (χ4n) is 2.19. The van der Waals surface area contributed by atoms with Gasteiger partial charge in [-0.05, 0) is 49.7 Å². The van der Waals surface area contributed by atoms with E-state index >= 15 is 0 Å². The molecule has 0 aliphatic rings. The Labute approximate surface area is 124 Å². The lowest BCUT2D eigenvalue weighted by Crippen LogP contribution is -2.33. The van der Waals surface area contributed by atoms with E-state index in [1.54, 1.807) is 23.1 Å². The van der Waals surface area contributed by atoms with E-state index < -0.39 is 0 Å². The van der Waals surface area contributed by atoms with Crippen LogP contribution in [0, 0.1) is 6.92 Å². The molecule has 0 bridgehead atoms. The summed E-state index contributed by atoms with van der Waals surface area (Å²) in [5.41, 5.74) is 7.76. The van der Waals surface area contributed by atoms with Crippen molar-refractivity contribution in [1.82, 2.24) is 0 Å². The first-order chi connectivity index (χ1) is 10.1. The molecule has 110 valence electrons. The Morgan fingerprint density at radius 3 is 2.62 bits per heavy atom. The molecule has 4 heteroatoms. The number of amides is 1. The monoisotopic (exact) mass is 284 g/mol. The molecule has 0 aliphatic carbocycles. The van der Waals surface area contributed by atoms with E-state index in [4.69, 9.17) is 5.73 Å². The number of nitrogens with two attached hydrogens (primary N) is 1. The summed E-state index contributed by atoms with van der Waals surface area (Å²) in [6, 6.07) is 14.3. The molecular formula is C17H20N2O2. The number of benzene rings is 2. The first-order valence-corrected chi connectivity index (χ1v) is 7.00. The number of hydrogen-bond donors (Lipinski definition) is 2. The topological polar surface area (TPSA) is 66.6 Å². The molecule has 2 aromatic rings. The number of anilines is 1. The molecule has 21 heavy (non-hydrogen) atoms. The SMILES string of the molecule is Cc1cccc(N(CCCN)C(=O)c2ccccc2O)c1. The minimum absolute atomic E-state index is 0.00657. The van der Waals surface area contributed by atoms with Gasteiger partial charge in [-0.25, -0.2) is 0 Å². The summed E-state index contributed by atoms with van der Waals surface area (Å²) >= 11 is 0. The zero-order valence-corrected chi connectivity index (χ0v) is 12.1. The number of aromatic hydroxyl groups is 1. The average molecular weight is 284 g/mol. The maximum absolute atomic E-state index is 12.7. The average Bonchev–Trinajstić information content (AvgIpc) is 2.48. The number of carbonyl (C=O) groups excluding carboxylic acids is 1. The van der Waals surface area contributed by atoms with Crippen molar-refractivity contribution in [2.45, 2.75) is 13.3 Å². The van der Waals surface area contributed by atoms with Crippen molar-refractivity contribution in [1.29, 1.82) is 0 Å². The van der Waals surface area contributed by atoms with Gasteiger partial charge >= 0.3 is 0 Å². The largest absolute Gasteiger partial charge is 0.507 e. The van der Waals surface area contributed by atoms with Gasteiger partial charge in [-0.1, -0.05) is 24.3 Å². The van der Waals surface area contributed by atoms with Gasteiger partial charge in [0, 0.05) is 12.2 Å². The second kappa shape index (κ2) is 6.90. The third kappa shape index (κ3) is 3.61. The molecule has 0 fully saturated rings. The van der Waals surface area contributed by atoms with Crippen LogP contribution in [0.4, 0.5) is 5.69 Å². The van der Waals surface area contributed by atoms with Crippen LogP contribution in [0.1, 0.15) is 22.3 Å². The smallest absolute Gasteiger partial charge is 0.262 e. The van der Waals surface area contributed by atoms with Crippen molar-refractivity contribution < 1.29 is 9.90 Å². The molecule has 0 spiro atoms. The summed E-state index contributed by atoms with van der Waals surface area (Å²) in [6.45, 7) is 3.01. The molecule has 0 aromatic heterocycles. The Balaban J connectivity index is 2.36. The van der Waals surface area contributed by atoms with Gasteiger partial charge in [0.2, 0.25) is 0 Å². The fourth-order valence-corrected chi connectivity index (χ4v) is 2.19. The predicted molar refractivity (Wildman–Crippen MR) is 84.6 cm³/mol. The summed E-state index contributed by atoms with van der Waals surface area (Å²) in [5, 5.41) is 9.88. The molecule has 0 unspecified atom stereocenters. The number of nitrogens with zero attached hydrogens (tertiary/aromatic N) is 1. The molecular weight excluding hydrogens is 264 g/mol. The van der Waals surface area contributed by atoms with E-state index in [9.17, 15) is 9.90 Å². The highest BCUT2D eigenvalue weighted by molar-refractivity contribution is 6.07. The van der Waals surface area contributed by atoms with Gasteiger partial charge in [0.1, 0.15) is 5.75 Å². The minimum Gasteiger partial charge on any atom is -0.507 e. The van der Waals surface area contributed by atoms with Crippen molar-refractivity contribution in [2.75, 3.05) is 18.0 Å². The summed E-state index contributed by atoms with van der Waals surface area (Å²) in [4.78, 5) is 14.4. The Kier molecular flexibility index (Phi) is 4.95. The maximum Gasteiger partial charge on any atom is 0.262 e. The highest BCUT2D eigenvalue weighted by Gasteiger charge is 2.19. The lowest BCUT2D eigenvalue weighted by atomic mass is 10.1. The van der Waals surface area contributed by atoms with Gasteiger partial charge in [0.15, 0.2) is 0 Å². The number of phenolic OH excluding ortho intramolecular Hbond substituents is 1. The summed E-state index contributed by atoms with van der Waals surface area (Å²) in [6.07, 6.45) is 0.702. The summed E-state index contributed by atoms with van der Waals surface area (Å²) in [7, 11) is 0. The zero-order chi connectivity index (χ0) is 15.2. The number of aryl methyl sites for hydroxylation is 1. The van der Waals surface area contributed by atoms with E-state index in [2.05, 4.69) is 0 Å². The van der Waals surface area contributed by atoms with E-state index in [-0.39, 0.29) is 11.7 Å². The van der Waals surface area contributed by atoms with E-state index in [1.165, 1.54) is 6.07 Å². The molecule has 0 aliphatic heterocycles. The second-order valence-corrected chi connectivity index (χ2v) is 4.96. The normalized spacial score (nSPS) is 10.4. The van der Waals surface area contributed by atoms with E-state index in [0.717, 1.165) is 11.3 Å². The van der Waals surface area contributed by atoms with Gasteiger partial charge in [0.25, 0.3) is 5.91 Å². The number of para-hydroxylation sites is 1. The molecule has 2 aromatic carbocycles. The van der Waals surface area contributed by atoms with Gasteiger partial charge in [-0.3, -0.25) is 4.79 Å². The number of carbonyl (C=O) groups is 1. The summed E-state index contributed by atoms with van der Waals surface area (Å²) < 4.78 is 0. The summed E-state index contributed by atoms with van der Waals surface area (Å²) in [5.74, 6) is -0.222.